The molecule has 2 heterocycles. The van der Waals surface area contributed by atoms with Crippen LogP contribution in [0, 0.1) is 0 Å². The van der Waals surface area contributed by atoms with Crippen LogP contribution in [0.4, 0.5) is 0 Å². The molecule has 0 aromatic rings. The fourth-order valence-electron chi connectivity index (χ4n) is 2.29. The number of hydrogen-bond donors (Lipinski definition) is 2. The van der Waals surface area contributed by atoms with Crippen molar-refractivity contribution in [2.75, 3.05) is 26.2 Å². The molecule has 0 aromatic heterocycles. The molecule has 96 valence electrons. The summed E-state index contributed by atoms with van der Waals surface area (Å²) >= 11 is 0. The van der Waals surface area contributed by atoms with Gasteiger partial charge in [0.05, 0.1) is 12.5 Å². The van der Waals surface area contributed by atoms with Crippen LogP contribution in [0.25, 0.3) is 0 Å². The van der Waals surface area contributed by atoms with Crippen LogP contribution in [-0.4, -0.2) is 38.3 Å². The minimum atomic E-state index is 0.122. The van der Waals surface area contributed by atoms with E-state index in [9.17, 15) is 4.79 Å². The Hall–Kier alpha value is -0.870. The van der Waals surface area contributed by atoms with Crippen LogP contribution in [0.2, 0.25) is 0 Å². The predicted molar refractivity (Wildman–Crippen MR) is 66.8 cm³/mol. The van der Waals surface area contributed by atoms with Gasteiger partial charge in [0.25, 0.3) is 0 Å². The van der Waals surface area contributed by atoms with Gasteiger partial charge >= 0.3 is 0 Å². The Kier molecular flexibility index (Phi) is 5.01. The lowest BCUT2D eigenvalue weighted by atomic mass is 10.1. The van der Waals surface area contributed by atoms with Crippen molar-refractivity contribution in [2.45, 2.75) is 38.2 Å². The molecule has 0 aliphatic carbocycles. The van der Waals surface area contributed by atoms with Crippen molar-refractivity contribution in [3.63, 3.8) is 0 Å². The minimum Gasteiger partial charge on any atom is -0.378 e. The number of carbonyl (C=O) groups is 1. The van der Waals surface area contributed by atoms with Crippen LogP contribution in [-0.2, 0) is 9.53 Å². The van der Waals surface area contributed by atoms with Gasteiger partial charge in [-0.25, -0.2) is 0 Å². The molecule has 2 N–H and O–H groups in total. The first kappa shape index (κ1) is 12.6. The van der Waals surface area contributed by atoms with E-state index in [1.165, 1.54) is 12.0 Å². The highest BCUT2D eigenvalue weighted by molar-refractivity contribution is 5.76. The second-order valence-corrected chi connectivity index (χ2v) is 4.79. The van der Waals surface area contributed by atoms with Gasteiger partial charge in [-0.1, -0.05) is 11.6 Å². The highest BCUT2D eigenvalue weighted by atomic mass is 16.5. The fourth-order valence-corrected chi connectivity index (χ4v) is 2.29. The summed E-state index contributed by atoms with van der Waals surface area (Å²) in [6.45, 7) is 3.46. The Bertz CT molecular complexity index is 283. The maximum atomic E-state index is 11.7. The average molecular weight is 238 g/mol. The van der Waals surface area contributed by atoms with Crippen LogP contribution in [0.1, 0.15) is 32.1 Å². The van der Waals surface area contributed by atoms with Crippen molar-refractivity contribution in [1.29, 1.82) is 0 Å². The zero-order chi connectivity index (χ0) is 11.9. The van der Waals surface area contributed by atoms with E-state index in [0.717, 1.165) is 39.0 Å². The van der Waals surface area contributed by atoms with Gasteiger partial charge in [0.2, 0.25) is 5.91 Å². The lowest BCUT2D eigenvalue weighted by Crippen LogP contribution is -2.33. The molecule has 1 saturated heterocycles. The third kappa shape index (κ3) is 4.48. The van der Waals surface area contributed by atoms with E-state index in [0.29, 0.717) is 13.0 Å². The Morgan fingerprint density at radius 2 is 2.47 bits per heavy atom. The van der Waals surface area contributed by atoms with Gasteiger partial charge in [0.1, 0.15) is 0 Å². The Morgan fingerprint density at radius 3 is 3.18 bits per heavy atom. The van der Waals surface area contributed by atoms with Crippen molar-refractivity contribution in [3.05, 3.63) is 11.6 Å². The first-order chi connectivity index (χ1) is 8.34. The molecular formula is C13H22N2O2. The van der Waals surface area contributed by atoms with Crippen LogP contribution < -0.4 is 10.6 Å². The molecule has 1 unspecified atom stereocenters. The van der Waals surface area contributed by atoms with Crippen molar-refractivity contribution in [1.82, 2.24) is 10.6 Å². The maximum absolute atomic E-state index is 11.7. The van der Waals surface area contributed by atoms with Gasteiger partial charge in [-0.2, -0.15) is 0 Å². The summed E-state index contributed by atoms with van der Waals surface area (Å²) in [5, 5.41) is 6.24. The highest BCUT2D eigenvalue weighted by Gasteiger charge is 2.17. The summed E-state index contributed by atoms with van der Waals surface area (Å²) in [5.41, 5.74) is 1.33. The smallest absolute Gasteiger partial charge is 0.222 e. The molecule has 17 heavy (non-hydrogen) atoms. The van der Waals surface area contributed by atoms with E-state index in [-0.39, 0.29) is 12.0 Å². The maximum Gasteiger partial charge on any atom is 0.222 e. The van der Waals surface area contributed by atoms with Gasteiger partial charge in [0.15, 0.2) is 0 Å². The number of carbonyl (C=O) groups excluding carboxylic acids is 1. The van der Waals surface area contributed by atoms with Crippen LogP contribution in [0.3, 0.4) is 0 Å². The van der Waals surface area contributed by atoms with Crippen molar-refractivity contribution in [3.8, 4) is 0 Å². The Balaban J connectivity index is 1.64. The third-order valence-corrected chi connectivity index (χ3v) is 3.36. The third-order valence-electron chi connectivity index (χ3n) is 3.36. The summed E-state index contributed by atoms with van der Waals surface area (Å²) in [7, 11) is 0. The van der Waals surface area contributed by atoms with Crippen molar-refractivity contribution >= 4 is 5.91 Å². The Labute approximate surface area is 103 Å². The van der Waals surface area contributed by atoms with Gasteiger partial charge in [-0.3, -0.25) is 4.79 Å². The fraction of sp³-hybridized carbons (Fsp3) is 0.769. The Morgan fingerprint density at radius 1 is 1.53 bits per heavy atom. The van der Waals surface area contributed by atoms with Gasteiger partial charge in [-0.15, -0.1) is 0 Å². The number of amides is 1. The number of ether oxygens (including phenoxy) is 1. The molecule has 1 amide bonds. The molecule has 4 heteroatoms. The van der Waals surface area contributed by atoms with E-state index >= 15 is 0 Å². The molecule has 2 rings (SSSR count). The van der Waals surface area contributed by atoms with Gasteiger partial charge in [-0.05, 0) is 32.2 Å². The van der Waals surface area contributed by atoms with E-state index in [1.807, 2.05) is 0 Å². The van der Waals surface area contributed by atoms with E-state index in [4.69, 9.17) is 4.74 Å². The molecule has 1 atom stereocenters. The molecular weight excluding hydrogens is 216 g/mol. The van der Waals surface area contributed by atoms with Crippen LogP contribution in [0.5, 0.6) is 0 Å². The standard InChI is InChI=1S/C13H22N2O2/c16-13(9-12-3-1-2-8-17-12)15-10-11-4-6-14-7-5-11/h4,12,14H,1-3,5-10H2,(H,15,16). The first-order valence-electron chi connectivity index (χ1n) is 6.61. The molecule has 0 radical (unpaired) electrons. The summed E-state index contributed by atoms with van der Waals surface area (Å²) in [6.07, 6.45) is 7.23. The molecule has 2 aliphatic heterocycles. The predicted octanol–water partition coefficient (Wildman–Crippen LogP) is 0.981. The second-order valence-electron chi connectivity index (χ2n) is 4.79. The normalized spacial score (nSPS) is 25.2. The summed E-state index contributed by atoms with van der Waals surface area (Å²) < 4.78 is 5.55. The zero-order valence-corrected chi connectivity index (χ0v) is 10.3. The second kappa shape index (κ2) is 6.77. The van der Waals surface area contributed by atoms with E-state index in [2.05, 4.69) is 16.7 Å². The lowest BCUT2D eigenvalue weighted by molar-refractivity contribution is -0.124. The van der Waals surface area contributed by atoms with Crippen LogP contribution >= 0.6 is 0 Å². The highest BCUT2D eigenvalue weighted by Crippen LogP contribution is 2.15. The lowest BCUT2D eigenvalue weighted by Gasteiger charge is -2.22. The molecule has 0 bridgehead atoms. The largest absolute Gasteiger partial charge is 0.378 e. The topological polar surface area (TPSA) is 50.4 Å². The van der Waals surface area contributed by atoms with Crippen molar-refractivity contribution in [2.24, 2.45) is 0 Å². The molecule has 0 saturated carbocycles. The van der Waals surface area contributed by atoms with E-state index < -0.39 is 0 Å². The molecule has 2 aliphatic rings. The molecule has 1 fully saturated rings. The van der Waals surface area contributed by atoms with E-state index in [1.54, 1.807) is 0 Å². The first-order valence-corrected chi connectivity index (χ1v) is 6.61. The number of hydrogen-bond acceptors (Lipinski definition) is 3. The molecule has 4 nitrogen and oxygen atoms in total. The number of nitrogens with one attached hydrogen (secondary N) is 2. The molecule has 0 spiro atoms. The molecule has 0 aromatic carbocycles. The summed E-state index contributed by atoms with van der Waals surface area (Å²) in [5.74, 6) is 0.122. The van der Waals surface area contributed by atoms with Crippen LogP contribution in [0.15, 0.2) is 11.6 Å². The SMILES string of the molecule is O=C(CC1CCCCO1)NCC1=CCNCC1. The van der Waals surface area contributed by atoms with Gasteiger partial charge < -0.3 is 15.4 Å². The minimum absolute atomic E-state index is 0.122. The van der Waals surface area contributed by atoms with Crippen molar-refractivity contribution < 1.29 is 9.53 Å². The number of rotatable bonds is 4. The van der Waals surface area contributed by atoms with Gasteiger partial charge in [0, 0.05) is 19.7 Å². The quantitative estimate of drug-likeness (QED) is 0.718. The summed E-state index contributed by atoms with van der Waals surface area (Å²) in [4.78, 5) is 11.7. The summed E-state index contributed by atoms with van der Waals surface area (Å²) in [6, 6.07) is 0. The zero-order valence-electron chi connectivity index (χ0n) is 10.3. The average Bonchev–Trinajstić information content (AvgIpc) is 2.39. The monoisotopic (exact) mass is 238 g/mol.